The van der Waals surface area contributed by atoms with Gasteiger partial charge in [-0.2, -0.15) is 5.10 Å². The molecule has 4 rings (SSSR count). The van der Waals surface area contributed by atoms with E-state index in [-0.39, 0.29) is 17.7 Å². The molecule has 30 heavy (non-hydrogen) atoms. The van der Waals surface area contributed by atoms with Gasteiger partial charge in [0.15, 0.2) is 0 Å². The first-order valence-electron chi connectivity index (χ1n) is 10.9. The monoisotopic (exact) mass is 406 g/mol. The van der Waals surface area contributed by atoms with Gasteiger partial charge in [-0.3, -0.25) is 9.59 Å². The summed E-state index contributed by atoms with van der Waals surface area (Å²) in [6, 6.07) is 10.00. The smallest absolute Gasteiger partial charge is 0.246 e. The fourth-order valence-corrected chi connectivity index (χ4v) is 4.52. The fourth-order valence-electron chi connectivity index (χ4n) is 4.52. The molecule has 0 unspecified atom stereocenters. The highest BCUT2D eigenvalue weighted by atomic mass is 16.2. The van der Waals surface area contributed by atoms with Crippen molar-refractivity contribution in [2.24, 2.45) is 5.92 Å². The van der Waals surface area contributed by atoms with Crippen LogP contribution in [-0.2, 0) is 9.59 Å². The molecule has 0 atom stereocenters. The topological polar surface area (TPSA) is 58.4 Å². The molecule has 6 nitrogen and oxygen atoms in total. The quantitative estimate of drug-likeness (QED) is 0.732. The van der Waals surface area contributed by atoms with Gasteiger partial charge in [0.05, 0.1) is 11.4 Å². The Morgan fingerprint density at radius 3 is 2.30 bits per heavy atom. The third kappa shape index (κ3) is 4.18. The zero-order chi connectivity index (χ0) is 21.1. The first kappa shape index (κ1) is 20.4. The standard InChI is InChI=1S/C24H30N4O2/c1-18-22(19(2)28(25-18)21-8-4-3-5-9-21)10-11-23(29)26-16-12-20(13-17-26)24(30)27-14-6-7-15-27/h3-5,8-11,20H,6-7,12-17H2,1-2H3/b11-10+. The van der Waals surface area contributed by atoms with E-state index in [2.05, 4.69) is 5.10 Å². The summed E-state index contributed by atoms with van der Waals surface area (Å²) in [6.07, 6.45) is 7.29. The van der Waals surface area contributed by atoms with Gasteiger partial charge >= 0.3 is 0 Å². The lowest BCUT2D eigenvalue weighted by molar-refractivity contribution is -0.138. The molecule has 2 amide bonds. The SMILES string of the molecule is Cc1nn(-c2ccccc2)c(C)c1/C=C/C(=O)N1CCC(C(=O)N2CCCC2)CC1. The van der Waals surface area contributed by atoms with E-state index < -0.39 is 0 Å². The van der Waals surface area contributed by atoms with Crippen LogP contribution in [0.15, 0.2) is 36.4 Å². The zero-order valence-corrected chi connectivity index (χ0v) is 17.9. The summed E-state index contributed by atoms with van der Waals surface area (Å²) < 4.78 is 1.91. The number of nitrogens with zero attached hydrogens (tertiary/aromatic N) is 4. The molecule has 0 radical (unpaired) electrons. The number of para-hydroxylation sites is 1. The number of hydrogen-bond donors (Lipinski definition) is 0. The predicted octanol–water partition coefficient (Wildman–Crippen LogP) is 3.36. The summed E-state index contributed by atoms with van der Waals surface area (Å²) >= 11 is 0. The van der Waals surface area contributed by atoms with E-state index in [1.807, 2.05) is 64.7 Å². The largest absolute Gasteiger partial charge is 0.342 e. The summed E-state index contributed by atoms with van der Waals surface area (Å²) in [5.74, 6) is 0.368. The maximum absolute atomic E-state index is 12.7. The first-order chi connectivity index (χ1) is 14.5. The maximum Gasteiger partial charge on any atom is 0.246 e. The molecule has 1 aromatic carbocycles. The minimum absolute atomic E-state index is 0.00772. The van der Waals surface area contributed by atoms with Crippen molar-refractivity contribution in [3.8, 4) is 5.69 Å². The Labute approximate surface area is 178 Å². The van der Waals surface area contributed by atoms with Gasteiger partial charge in [-0.25, -0.2) is 4.68 Å². The molecule has 158 valence electrons. The van der Waals surface area contributed by atoms with Crippen molar-refractivity contribution in [2.45, 2.75) is 39.5 Å². The Bertz CT molecular complexity index is 934. The van der Waals surface area contributed by atoms with E-state index in [0.717, 1.165) is 61.4 Å². The van der Waals surface area contributed by atoms with E-state index in [1.165, 1.54) is 0 Å². The molecule has 2 aliphatic heterocycles. The second-order valence-corrected chi connectivity index (χ2v) is 8.30. The summed E-state index contributed by atoms with van der Waals surface area (Å²) in [5.41, 5.74) is 3.90. The van der Waals surface area contributed by atoms with Crippen LogP contribution in [0, 0.1) is 19.8 Å². The number of rotatable bonds is 4. The minimum Gasteiger partial charge on any atom is -0.342 e. The Hall–Kier alpha value is -2.89. The van der Waals surface area contributed by atoms with Crippen molar-refractivity contribution >= 4 is 17.9 Å². The van der Waals surface area contributed by atoms with Crippen LogP contribution in [-0.4, -0.2) is 57.6 Å². The van der Waals surface area contributed by atoms with Crippen molar-refractivity contribution in [1.82, 2.24) is 19.6 Å². The second kappa shape index (κ2) is 8.86. The van der Waals surface area contributed by atoms with Crippen LogP contribution in [0.25, 0.3) is 11.8 Å². The lowest BCUT2D eigenvalue weighted by Gasteiger charge is -2.32. The highest BCUT2D eigenvalue weighted by Crippen LogP contribution is 2.23. The van der Waals surface area contributed by atoms with Gasteiger partial charge in [0.1, 0.15) is 0 Å². The molecule has 0 aliphatic carbocycles. The average Bonchev–Trinajstić information content (AvgIpc) is 3.41. The van der Waals surface area contributed by atoms with Gasteiger partial charge in [-0.15, -0.1) is 0 Å². The molecular weight excluding hydrogens is 376 g/mol. The van der Waals surface area contributed by atoms with Crippen LogP contribution in [0.4, 0.5) is 0 Å². The van der Waals surface area contributed by atoms with Gasteiger partial charge in [0.2, 0.25) is 11.8 Å². The number of aryl methyl sites for hydroxylation is 1. The van der Waals surface area contributed by atoms with Gasteiger partial charge in [0, 0.05) is 49.4 Å². The summed E-state index contributed by atoms with van der Waals surface area (Å²) in [6.45, 7) is 7.08. The first-order valence-corrected chi connectivity index (χ1v) is 10.9. The molecule has 0 spiro atoms. The van der Waals surface area contributed by atoms with Crippen molar-refractivity contribution in [1.29, 1.82) is 0 Å². The van der Waals surface area contributed by atoms with E-state index in [9.17, 15) is 9.59 Å². The number of benzene rings is 1. The number of aromatic nitrogens is 2. The van der Waals surface area contributed by atoms with E-state index >= 15 is 0 Å². The van der Waals surface area contributed by atoms with Crippen LogP contribution in [0.3, 0.4) is 0 Å². The molecule has 2 saturated heterocycles. The van der Waals surface area contributed by atoms with Crippen molar-refractivity contribution in [3.63, 3.8) is 0 Å². The highest BCUT2D eigenvalue weighted by molar-refractivity contribution is 5.92. The number of carbonyl (C=O) groups is 2. The number of likely N-dealkylation sites (tertiary alicyclic amines) is 2. The molecule has 2 aromatic rings. The normalized spacial score (nSPS) is 17.8. The van der Waals surface area contributed by atoms with Crippen molar-refractivity contribution in [2.75, 3.05) is 26.2 Å². The molecule has 3 heterocycles. The third-order valence-electron chi connectivity index (χ3n) is 6.31. The van der Waals surface area contributed by atoms with Gasteiger partial charge in [-0.05, 0) is 57.7 Å². The Balaban J connectivity index is 1.38. The number of hydrogen-bond acceptors (Lipinski definition) is 3. The van der Waals surface area contributed by atoms with Crippen LogP contribution < -0.4 is 0 Å². The molecule has 1 aromatic heterocycles. The minimum atomic E-state index is 0.00772. The van der Waals surface area contributed by atoms with Crippen molar-refractivity contribution in [3.05, 3.63) is 53.4 Å². The van der Waals surface area contributed by atoms with Crippen LogP contribution >= 0.6 is 0 Å². The molecule has 6 heteroatoms. The van der Waals surface area contributed by atoms with Crippen LogP contribution in [0.2, 0.25) is 0 Å². The Kier molecular flexibility index (Phi) is 6.02. The predicted molar refractivity (Wildman–Crippen MR) is 117 cm³/mol. The lowest BCUT2D eigenvalue weighted by Crippen LogP contribution is -2.43. The zero-order valence-electron chi connectivity index (χ0n) is 17.9. The van der Waals surface area contributed by atoms with E-state index in [4.69, 9.17) is 0 Å². The number of carbonyl (C=O) groups excluding carboxylic acids is 2. The number of amides is 2. The molecule has 0 bridgehead atoms. The van der Waals surface area contributed by atoms with Gasteiger partial charge < -0.3 is 9.80 Å². The van der Waals surface area contributed by atoms with E-state index in [0.29, 0.717) is 13.1 Å². The fraction of sp³-hybridized carbons (Fsp3) is 0.458. The molecule has 2 fully saturated rings. The summed E-state index contributed by atoms with van der Waals surface area (Å²) in [4.78, 5) is 29.2. The summed E-state index contributed by atoms with van der Waals surface area (Å²) in [5, 5.41) is 4.64. The summed E-state index contributed by atoms with van der Waals surface area (Å²) in [7, 11) is 0. The Morgan fingerprint density at radius 1 is 0.967 bits per heavy atom. The third-order valence-corrected chi connectivity index (χ3v) is 6.31. The van der Waals surface area contributed by atoms with Gasteiger partial charge in [0.25, 0.3) is 0 Å². The molecule has 0 saturated carbocycles. The highest BCUT2D eigenvalue weighted by Gasteiger charge is 2.30. The molecular formula is C24H30N4O2. The number of piperidine rings is 1. The van der Waals surface area contributed by atoms with Crippen LogP contribution in [0.5, 0.6) is 0 Å². The molecule has 2 aliphatic rings. The van der Waals surface area contributed by atoms with Crippen LogP contribution in [0.1, 0.15) is 42.6 Å². The Morgan fingerprint density at radius 2 is 1.63 bits per heavy atom. The average molecular weight is 407 g/mol. The van der Waals surface area contributed by atoms with Crippen molar-refractivity contribution < 1.29 is 9.59 Å². The molecule has 0 N–H and O–H groups in total. The van der Waals surface area contributed by atoms with Gasteiger partial charge in [-0.1, -0.05) is 18.2 Å². The van der Waals surface area contributed by atoms with E-state index in [1.54, 1.807) is 6.08 Å². The second-order valence-electron chi connectivity index (χ2n) is 8.30. The lowest BCUT2D eigenvalue weighted by atomic mass is 9.95. The maximum atomic E-state index is 12.7.